The molecule has 3 nitrogen and oxygen atoms in total. The third-order valence-corrected chi connectivity index (χ3v) is 5.10. The van der Waals surface area contributed by atoms with Gasteiger partial charge in [-0.15, -0.1) is 6.58 Å². The Balaban J connectivity index is 2.12. The molecule has 0 amide bonds. The molecule has 1 aromatic carbocycles. The van der Waals surface area contributed by atoms with E-state index in [2.05, 4.69) is 45.3 Å². The molecule has 0 N–H and O–H groups in total. The van der Waals surface area contributed by atoms with Crippen molar-refractivity contribution >= 4 is 26.8 Å². The molecule has 1 aliphatic heterocycles. The summed E-state index contributed by atoms with van der Waals surface area (Å²) in [5.74, 6) is 0. The Kier molecular flexibility index (Phi) is 4.45. The van der Waals surface area contributed by atoms with Gasteiger partial charge in [0.15, 0.2) is 6.23 Å². The molecule has 4 heteroatoms. The number of fused-ring (bicyclic) bond motifs is 1. The van der Waals surface area contributed by atoms with Gasteiger partial charge in [-0.2, -0.15) is 5.10 Å². The molecule has 21 heavy (non-hydrogen) atoms. The lowest BCUT2D eigenvalue weighted by atomic mass is 10.00. The van der Waals surface area contributed by atoms with Crippen molar-refractivity contribution in [3.63, 3.8) is 0 Å². The van der Waals surface area contributed by atoms with Crippen molar-refractivity contribution in [3.8, 4) is 0 Å². The summed E-state index contributed by atoms with van der Waals surface area (Å²) in [4.78, 5) is 0. The fourth-order valence-electron chi connectivity index (χ4n) is 3.07. The van der Waals surface area contributed by atoms with Gasteiger partial charge in [0, 0.05) is 16.5 Å². The Labute approximate surface area is 134 Å². The maximum absolute atomic E-state index is 5.89. The van der Waals surface area contributed by atoms with Gasteiger partial charge in [-0.3, -0.25) is 0 Å². The topological polar surface area (TPSA) is 27.1 Å². The van der Waals surface area contributed by atoms with E-state index in [1.165, 1.54) is 28.5 Å². The average molecular weight is 349 g/mol. The first-order valence-electron chi connectivity index (χ1n) is 7.66. The SMILES string of the molecule is C=CCc1c(CC)cc2c(cnn2C2CCCCO2)c1Br. The maximum Gasteiger partial charge on any atom is 0.150 e. The van der Waals surface area contributed by atoms with Crippen LogP contribution in [0, 0.1) is 0 Å². The molecule has 0 bridgehead atoms. The lowest BCUT2D eigenvalue weighted by Gasteiger charge is -2.23. The van der Waals surface area contributed by atoms with E-state index >= 15 is 0 Å². The highest BCUT2D eigenvalue weighted by atomic mass is 79.9. The Hall–Kier alpha value is -1.13. The number of halogens is 1. The zero-order chi connectivity index (χ0) is 14.8. The van der Waals surface area contributed by atoms with Crippen molar-refractivity contribution < 1.29 is 4.74 Å². The quantitative estimate of drug-likeness (QED) is 0.742. The summed E-state index contributed by atoms with van der Waals surface area (Å²) >= 11 is 3.77. The molecule has 112 valence electrons. The molecule has 0 spiro atoms. The Bertz CT molecular complexity index is 656. The van der Waals surface area contributed by atoms with E-state index in [1.54, 1.807) is 0 Å². The van der Waals surface area contributed by atoms with Crippen LogP contribution >= 0.6 is 15.9 Å². The summed E-state index contributed by atoms with van der Waals surface area (Å²) in [6.07, 6.45) is 9.29. The van der Waals surface area contributed by atoms with Gasteiger partial charge < -0.3 is 4.74 Å². The summed E-state index contributed by atoms with van der Waals surface area (Å²) in [6.45, 7) is 6.90. The summed E-state index contributed by atoms with van der Waals surface area (Å²) in [7, 11) is 0. The molecule has 0 radical (unpaired) electrons. The normalized spacial score (nSPS) is 19.0. The zero-order valence-electron chi connectivity index (χ0n) is 12.4. The van der Waals surface area contributed by atoms with Crippen LogP contribution in [0.1, 0.15) is 43.5 Å². The highest BCUT2D eigenvalue weighted by molar-refractivity contribution is 9.10. The second kappa shape index (κ2) is 6.32. The van der Waals surface area contributed by atoms with Gasteiger partial charge in [-0.25, -0.2) is 4.68 Å². The second-order valence-electron chi connectivity index (χ2n) is 5.52. The standard InChI is InChI=1S/C17H21BrN2O/c1-3-7-13-12(4-2)10-15-14(17(13)18)11-19-20(15)16-8-5-6-9-21-16/h3,10-11,16H,1,4-9H2,2H3. The first-order valence-corrected chi connectivity index (χ1v) is 8.45. The molecule has 1 unspecified atom stereocenters. The lowest BCUT2D eigenvalue weighted by Crippen LogP contribution is -2.19. The van der Waals surface area contributed by atoms with Gasteiger partial charge in [-0.05, 0) is 65.2 Å². The van der Waals surface area contributed by atoms with E-state index in [9.17, 15) is 0 Å². The number of rotatable bonds is 4. The van der Waals surface area contributed by atoms with Crippen LogP contribution in [0.25, 0.3) is 10.9 Å². The van der Waals surface area contributed by atoms with E-state index in [0.717, 1.165) is 36.8 Å². The third-order valence-electron chi connectivity index (χ3n) is 4.19. The molecule has 1 aromatic heterocycles. The molecule has 1 saturated heterocycles. The maximum atomic E-state index is 5.89. The molecule has 3 rings (SSSR count). The van der Waals surface area contributed by atoms with Crippen molar-refractivity contribution in [2.45, 2.75) is 45.3 Å². The van der Waals surface area contributed by atoms with Crippen LogP contribution in [0.3, 0.4) is 0 Å². The van der Waals surface area contributed by atoms with Crippen molar-refractivity contribution in [1.82, 2.24) is 9.78 Å². The molecule has 2 heterocycles. The molecular weight excluding hydrogens is 328 g/mol. The number of allylic oxidation sites excluding steroid dienone is 1. The van der Waals surface area contributed by atoms with E-state index in [0.29, 0.717) is 0 Å². The van der Waals surface area contributed by atoms with Gasteiger partial charge in [0.25, 0.3) is 0 Å². The van der Waals surface area contributed by atoms with Gasteiger partial charge in [-0.1, -0.05) is 13.0 Å². The van der Waals surface area contributed by atoms with Gasteiger partial charge in [0.05, 0.1) is 11.7 Å². The summed E-state index contributed by atoms with van der Waals surface area (Å²) in [5, 5.41) is 5.76. The number of hydrogen-bond acceptors (Lipinski definition) is 2. The lowest BCUT2D eigenvalue weighted by molar-refractivity contribution is -0.0366. The molecule has 1 aliphatic rings. The Morgan fingerprint density at radius 2 is 2.38 bits per heavy atom. The van der Waals surface area contributed by atoms with E-state index < -0.39 is 0 Å². The monoisotopic (exact) mass is 348 g/mol. The van der Waals surface area contributed by atoms with Gasteiger partial charge in [0.1, 0.15) is 0 Å². The van der Waals surface area contributed by atoms with Crippen molar-refractivity contribution in [3.05, 3.63) is 40.5 Å². The number of nitrogens with zero attached hydrogens (tertiary/aromatic N) is 2. The molecule has 0 aliphatic carbocycles. The fraction of sp³-hybridized carbons (Fsp3) is 0.471. The number of aromatic nitrogens is 2. The number of benzene rings is 1. The summed E-state index contributed by atoms with van der Waals surface area (Å²) in [6, 6.07) is 2.27. The van der Waals surface area contributed by atoms with E-state index in [-0.39, 0.29) is 6.23 Å². The molecule has 1 fully saturated rings. The zero-order valence-corrected chi connectivity index (χ0v) is 14.0. The van der Waals surface area contributed by atoms with Crippen molar-refractivity contribution in [2.75, 3.05) is 6.61 Å². The minimum Gasteiger partial charge on any atom is -0.356 e. The van der Waals surface area contributed by atoms with Crippen LogP contribution in [0.2, 0.25) is 0 Å². The largest absolute Gasteiger partial charge is 0.356 e. The van der Waals surface area contributed by atoms with Crippen molar-refractivity contribution in [2.24, 2.45) is 0 Å². The summed E-state index contributed by atoms with van der Waals surface area (Å²) < 4.78 is 9.09. The number of aryl methyl sites for hydroxylation is 1. The number of ether oxygens (including phenoxy) is 1. The van der Waals surface area contributed by atoms with Crippen LogP contribution in [0.5, 0.6) is 0 Å². The molecular formula is C17H21BrN2O. The highest BCUT2D eigenvalue weighted by Gasteiger charge is 2.20. The van der Waals surface area contributed by atoms with Crippen molar-refractivity contribution in [1.29, 1.82) is 0 Å². The average Bonchev–Trinajstić information content (AvgIpc) is 2.95. The van der Waals surface area contributed by atoms with E-state index in [1.807, 2.05) is 12.3 Å². The minimum atomic E-state index is 0.0816. The first kappa shape index (κ1) is 14.8. The van der Waals surface area contributed by atoms with Crippen LogP contribution in [-0.4, -0.2) is 16.4 Å². The van der Waals surface area contributed by atoms with Gasteiger partial charge in [0.2, 0.25) is 0 Å². The smallest absolute Gasteiger partial charge is 0.150 e. The molecule has 0 saturated carbocycles. The predicted molar refractivity (Wildman–Crippen MR) is 89.6 cm³/mol. The van der Waals surface area contributed by atoms with E-state index in [4.69, 9.17) is 4.74 Å². The molecule has 1 atom stereocenters. The van der Waals surface area contributed by atoms with Gasteiger partial charge >= 0.3 is 0 Å². The number of hydrogen-bond donors (Lipinski definition) is 0. The molecule has 2 aromatic rings. The van der Waals surface area contributed by atoms with Crippen LogP contribution < -0.4 is 0 Å². The minimum absolute atomic E-state index is 0.0816. The third kappa shape index (κ3) is 2.67. The Morgan fingerprint density at radius 1 is 1.52 bits per heavy atom. The fourth-order valence-corrected chi connectivity index (χ4v) is 3.79. The van der Waals surface area contributed by atoms with Crippen LogP contribution in [0.15, 0.2) is 29.4 Å². The summed E-state index contributed by atoms with van der Waals surface area (Å²) in [5.41, 5.74) is 3.84. The Morgan fingerprint density at radius 3 is 3.05 bits per heavy atom. The highest BCUT2D eigenvalue weighted by Crippen LogP contribution is 2.34. The van der Waals surface area contributed by atoms with Crippen LogP contribution in [-0.2, 0) is 17.6 Å². The first-order chi connectivity index (χ1) is 10.3. The second-order valence-corrected chi connectivity index (χ2v) is 6.31. The predicted octanol–water partition coefficient (Wildman–Crippen LogP) is 4.79. The van der Waals surface area contributed by atoms with Crippen LogP contribution in [0.4, 0.5) is 0 Å².